The lowest BCUT2D eigenvalue weighted by Gasteiger charge is -2.27. The fraction of sp³-hybridized carbons (Fsp3) is 0.538. The average Bonchev–Trinajstić information content (AvgIpc) is 3.09. The Morgan fingerprint density at radius 3 is 2.67 bits per heavy atom. The second-order valence-corrected chi connectivity index (χ2v) is 5.66. The van der Waals surface area contributed by atoms with Gasteiger partial charge in [0, 0.05) is 19.1 Å². The van der Waals surface area contributed by atoms with Crippen molar-refractivity contribution in [1.29, 1.82) is 0 Å². The Labute approximate surface area is 122 Å². The Morgan fingerprint density at radius 1 is 1.50 bits per heavy atom. The number of nitrogens with two attached hydrogens (primary N) is 1. The molecule has 2 N–H and O–H groups in total. The number of rotatable bonds is 5. The van der Waals surface area contributed by atoms with Crippen LogP contribution in [0, 0.1) is 11.7 Å². The van der Waals surface area contributed by atoms with Crippen LogP contribution >= 0.6 is 28.3 Å². The molecule has 0 aromatic heterocycles. The maximum Gasteiger partial charge on any atom is 0.137 e. The minimum atomic E-state index is -0.214. The van der Waals surface area contributed by atoms with Crippen LogP contribution in [0.15, 0.2) is 22.7 Å². The first-order valence-electron chi connectivity index (χ1n) is 5.96. The molecule has 1 saturated carbocycles. The molecule has 5 heteroatoms. The van der Waals surface area contributed by atoms with Crippen molar-refractivity contribution in [2.75, 3.05) is 13.6 Å². The van der Waals surface area contributed by atoms with Crippen LogP contribution in [0.3, 0.4) is 0 Å². The van der Waals surface area contributed by atoms with E-state index in [1.165, 1.54) is 18.9 Å². The molecule has 1 atom stereocenters. The van der Waals surface area contributed by atoms with Gasteiger partial charge in [-0.25, -0.2) is 4.39 Å². The average molecular weight is 338 g/mol. The van der Waals surface area contributed by atoms with Crippen molar-refractivity contribution in [1.82, 2.24) is 4.90 Å². The molecule has 0 spiro atoms. The Bertz CT molecular complexity index is 399. The van der Waals surface area contributed by atoms with Crippen molar-refractivity contribution in [2.24, 2.45) is 11.7 Å². The van der Waals surface area contributed by atoms with Crippen molar-refractivity contribution in [3.63, 3.8) is 0 Å². The summed E-state index contributed by atoms with van der Waals surface area (Å²) in [5, 5.41) is 0. The summed E-state index contributed by atoms with van der Waals surface area (Å²) in [4.78, 5) is 2.28. The van der Waals surface area contributed by atoms with E-state index in [1.807, 2.05) is 12.1 Å². The van der Waals surface area contributed by atoms with Gasteiger partial charge in [-0.05, 0) is 59.4 Å². The lowest BCUT2D eigenvalue weighted by atomic mass is 10.1. The third-order valence-corrected chi connectivity index (χ3v) is 4.00. The molecule has 0 heterocycles. The Morgan fingerprint density at radius 2 is 2.17 bits per heavy atom. The first-order valence-corrected chi connectivity index (χ1v) is 6.75. The molecular formula is C13H19BrClFN2. The molecule has 18 heavy (non-hydrogen) atoms. The van der Waals surface area contributed by atoms with E-state index in [0.717, 1.165) is 18.0 Å². The van der Waals surface area contributed by atoms with E-state index in [9.17, 15) is 4.39 Å². The highest BCUT2D eigenvalue weighted by atomic mass is 79.9. The van der Waals surface area contributed by atoms with Gasteiger partial charge >= 0.3 is 0 Å². The molecule has 0 aliphatic heterocycles. The predicted molar refractivity (Wildman–Crippen MR) is 78.4 cm³/mol. The molecule has 0 amide bonds. The van der Waals surface area contributed by atoms with Crippen molar-refractivity contribution < 1.29 is 4.39 Å². The third-order valence-electron chi connectivity index (χ3n) is 3.39. The van der Waals surface area contributed by atoms with Gasteiger partial charge in [0.25, 0.3) is 0 Å². The highest BCUT2D eigenvalue weighted by molar-refractivity contribution is 9.10. The van der Waals surface area contributed by atoms with Crippen LogP contribution < -0.4 is 5.73 Å². The van der Waals surface area contributed by atoms with E-state index in [0.29, 0.717) is 17.1 Å². The van der Waals surface area contributed by atoms with E-state index >= 15 is 0 Å². The molecular weight excluding hydrogens is 319 g/mol. The predicted octanol–water partition coefficient (Wildman–Crippen LogP) is 3.18. The Kier molecular flexibility index (Phi) is 6.05. The summed E-state index contributed by atoms with van der Waals surface area (Å²) in [6, 6.07) is 5.63. The van der Waals surface area contributed by atoms with Gasteiger partial charge in [-0.2, -0.15) is 0 Å². The monoisotopic (exact) mass is 336 g/mol. The minimum absolute atomic E-state index is 0. The standard InChI is InChI=1S/C13H18BrFN2.ClH/c1-17(13(7-16)10-3-4-10)8-9-2-5-12(15)11(14)6-9;/h2,5-6,10,13H,3-4,7-8,16H2,1H3;1H. The van der Waals surface area contributed by atoms with Crippen LogP contribution in [0.4, 0.5) is 4.39 Å². The van der Waals surface area contributed by atoms with E-state index < -0.39 is 0 Å². The maximum atomic E-state index is 13.1. The SMILES string of the molecule is CN(Cc1ccc(F)c(Br)c1)C(CN)C1CC1.Cl. The number of halogens is 3. The van der Waals surface area contributed by atoms with Crippen molar-refractivity contribution in [3.05, 3.63) is 34.1 Å². The van der Waals surface area contributed by atoms with Gasteiger partial charge in [0.1, 0.15) is 5.82 Å². The first kappa shape index (κ1) is 15.9. The highest BCUT2D eigenvalue weighted by Crippen LogP contribution is 2.35. The van der Waals surface area contributed by atoms with Crippen LogP contribution in [-0.2, 0) is 6.54 Å². The minimum Gasteiger partial charge on any atom is -0.329 e. The van der Waals surface area contributed by atoms with Crippen molar-refractivity contribution >= 4 is 28.3 Å². The number of likely N-dealkylation sites (N-methyl/N-ethyl adjacent to an activating group) is 1. The van der Waals surface area contributed by atoms with E-state index in [2.05, 4.69) is 27.9 Å². The lowest BCUT2D eigenvalue weighted by molar-refractivity contribution is 0.215. The molecule has 2 rings (SSSR count). The lowest BCUT2D eigenvalue weighted by Crippen LogP contribution is -2.39. The number of benzene rings is 1. The van der Waals surface area contributed by atoms with Gasteiger partial charge in [-0.3, -0.25) is 4.90 Å². The van der Waals surface area contributed by atoms with E-state index in [-0.39, 0.29) is 18.2 Å². The summed E-state index contributed by atoms with van der Waals surface area (Å²) in [6.07, 6.45) is 2.58. The second-order valence-electron chi connectivity index (χ2n) is 4.80. The van der Waals surface area contributed by atoms with Gasteiger partial charge in [-0.15, -0.1) is 12.4 Å². The van der Waals surface area contributed by atoms with Crippen LogP contribution in [0.1, 0.15) is 18.4 Å². The van der Waals surface area contributed by atoms with Gasteiger partial charge in [0.2, 0.25) is 0 Å². The van der Waals surface area contributed by atoms with E-state index in [4.69, 9.17) is 5.73 Å². The fourth-order valence-corrected chi connectivity index (χ4v) is 2.68. The largest absolute Gasteiger partial charge is 0.329 e. The fourth-order valence-electron chi connectivity index (χ4n) is 2.26. The molecule has 2 nitrogen and oxygen atoms in total. The second kappa shape index (κ2) is 6.85. The van der Waals surface area contributed by atoms with Gasteiger partial charge in [0.15, 0.2) is 0 Å². The molecule has 0 bridgehead atoms. The molecule has 0 radical (unpaired) electrons. The molecule has 1 aromatic carbocycles. The molecule has 1 aliphatic rings. The topological polar surface area (TPSA) is 29.3 Å². The molecule has 102 valence electrons. The smallest absolute Gasteiger partial charge is 0.137 e. The zero-order valence-electron chi connectivity index (χ0n) is 10.4. The molecule has 1 aliphatic carbocycles. The first-order chi connectivity index (χ1) is 8.11. The Hall–Kier alpha value is -0.160. The van der Waals surface area contributed by atoms with Crippen LogP contribution in [0.25, 0.3) is 0 Å². The molecule has 1 unspecified atom stereocenters. The number of nitrogens with zero attached hydrogens (tertiary/aromatic N) is 1. The van der Waals surface area contributed by atoms with Gasteiger partial charge in [0.05, 0.1) is 4.47 Å². The summed E-state index contributed by atoms with van der Waals surface area (Å²) >= 11 is 3.21. The normalized spacial score (nSPS) is 16.5. The highest BCUT2D eigenvalue weighted by Gasteiger charge is 2.32. The molecule has 0 saturated heterocycles. The summed E-state index contributed by atoms with van der Waals surface area (Å²) in [5.74, 6) is 0.544. The summed E-state index contributed by atoms with van der Waals surface area (Å²) in [5.41, 5.74) is 6.92. The summed E-state index contributed by atoms with van der Waals surface area (Å²) < 4.78 is 13.6. The van der Waals surface area contributed by atoms with Gasteiger partial charge in [-0.1, -0.05) is 6.07 Å². The van der Waals surface area contributed by atoms with Crippen LogP contribution in [-0.4, -0.2) is 24.5 Å². The Balaban J connectivity index is 0.00000162. The summed E-state index contributed by atoms with van der Waals surface area (Å²) in [6.45, 7) is 1.51. The molecule has 1 aromatic rings. The molecule has 1 fully saturated rings. The quantitative estimate of drug-likeness (QED) is 0.894. The van der Waals surface area contributed by atoms with Gasteiger partial charge < -0.3 is 5.73 Å². The maximum absolute atomic E-state index is 13.1. The number of hydrogen-bond donors (Lipinski definition) is 1. The van der Waals surface area contributed by atoms with Crippen LogP contribution in [0.5, 0.6) is 0 Å². The zero-order chi connectivity index (χ0) is 12.4. The van der Waals surface area contributed by atoms with Crippen molar-refractivity contribution in [2.45, 2.75) is 25.4 Å². The van der Waals surface area contributed by atoms with Crippen LogP contribution in [0.2, 0.25) is 0 Å². The zero-order valence-corrected chi connectivity index (χ0v) is 12.8. The third kappa shape index (κ3) is 3.92. The van der Waals surface area contributed by atoms with Crippen molar-refractivity contribution in [3.8, 4) is 0 Å². The summed E-state index contributed by atoms with van der Waals surface area (Å²) in [7, 11) is 2.09. The van der Waals surface area contributed by atoms with E-state index in [1.54, 1.807) is 0 Å². The number of hydrogen-bond acceptors (Lipinski definition) is 2.